The van der Waals surface area contributed by atoms with Gasteiger partial charge in [0.2, 0.25) is 0 Å². The van der Waals surface area contributed by atoms with E-state index < -0.39 is 0 Å². The van der Waals surface area contributed by atoms with Gasteiger partial charge in [-0.1, -0.05) is 0 Å². The van der Waals surface area contributed by atoms with Gasteiger partial charge in [-0.2, -0.15) is 0 Å². The van der Waals surface area contributed by atoms with Gasteiger partial charge in [-0.15, -0.1) is 11.3 Å². The Morgan fingerprint density at radius 3 is 2.83 bits per heavy atom. The molecule has 1 unspecified atom stereocenters. The van der Waals surface area contributed by atoms with Gasteiger partial charge in [-0.05, 0) is 26.0 Å². The van der Waals surface area contributed by atoms with Gasteiger partial charge in [-0.3, -0.25) is 0 Å². The molecule has 96 valence electrons. The number of thiazole rings is 1. The van der Waals surface area contributed by atoms with E-state index in [1.807, 2.05) is 24.4 Å². The zero-order chi connectivity index (χ0) is 13.1. The predicted molar refractivity (Wildman–Crippen MR) is 76.3 cm³/mol. The van der Waals surface area contributed by atoms with Crippen molar-refractivity contribution in [2.75, 3.05) is 18.2 Å². The van der Waals surface area contributed by atoms with E-state index in [0.717, 1.165) is 10.7 Å². The number of nitrogen functional groups attached to an aromatic ring is 1. The number of methoxy groups -OCH3 is 1. The maximum absolute atomic E-state index is 5.78. The Bertz CT molecular complexity index is 539. The minimum Gasteiger partial charge on any atom is -0.495 e. The molecule has 3 N–H and O–H groups in total. The van der Waals surface area contributed by atoms with Crippen LogP contribution in [0.15, 0.2) is 24.4 Å². The van der Waals surface area contributed by atoms with Gasteiger partial charge in [0.15, 0.2) is 0 Å². The summed E-state index contributed by atoms with van der Waals surface area (Å²) in [6.07, 6.45) is 1.89. The van der Waals surface area contributed by atoms with Crippen molar-refractivity contribution in [1.29, 1.82) is 0 Å². The van der Waals surface area contributed by atoms with Gasteiger partial charge >= 0.3 is 0 Å². The Balaban J connectivity index is 2.14. The van der Waals surface area contributed by atoms with E-state index in [4.69, 9.17) is 10.5 Å². The molecule has 18 heavy (non-hydrogen) atoms. The maximum Gasteiger partial charge on any atom is 0.143 e. The second-order valence-corrected chi connectivity index (χ2v) is 5.40. The molecule has 0 aliphatic heterocycles. The van der Waals surface area contributed by atoms with Crippen LogP contribution < -0.4 is 15.8 Å². The molecule has 1 heterocycles. The summed E-state index contributed by atoms with van der Waals surface area (Å²) in [6.45, 7) is 4.14. The van der Waals surface area contributed by atoms with Crippen molar-refractivity contribution >= 4 is 22.7 Å². The van der Waals surface area contributed by atoms with Crippen molar-refractivity contribution in [2.45, 2.75) is 19.9 Å². The highest BCUT2D eigenvalue weighted by Gasteiger charge is 2.10. The molecule has 1 aromatic carbocycles. The lowest BCUT2D eigenvalue weighted by atomic mass is 10.2. The molecule has 0 fully saturated rings. The summed E-state index contributed by atoms with van der Waals surface area (Å²) in [4.78, 5) is 5.59. The zero-order valence-electron chi connectivity index (χ0n) is 10.7. The highest BCUT2D eigenvalue weighted by Crippen LogP contribution is 2.28. The normalized spacial score (nSPS) is 12.2. The van der Waals surface area contributed by atoms with Gasteiger partial charge < -0.3 is 15.8 Å². The monoisotopic (exact) mass is 263 g/mol. The van der Waals surface area contributed by atoms with Gasteiger partial charge in [0.1, 0.15) is 10.8 Å². The third-order valence-electron chi connectivity index (χ3n) is 2.63. The Hall–Kier alpha value is -1.75. The fourth-order valence-electron chi connectivity index (χ4n) is 1.69. The summed E-state index contributed by atoms with van der Waals surface area (Å²) in [6, 6.07) is 5.83. The van der Waals surface area contributed by atoms with Gasteiger partial charge in [0.05, 0.1) is 18.8 Å². The number of hydrogen-bond donors (Lipinski definition) is 2. The Kier molecular flexibility index (Phi) is 3.72. The molecule has 1 aromatic heterocycles. The first-order chi connectivity index (χ1) is 8.60. The number of ether oxygens (including phenoxy) is 1. The van der Waals surface area contributed by atoms with Gasteiger partial charge in [0.25, 0.3) is 0 Å². The highest BCUT2D eigenvalue weighted by molar-refractivity contribution is 7.11. The van der Waals surface area contributed by atoms with E-state index >= 15 is 0 Å². The molecule has 0 saturated carbocycles. The predicted octanol–water partition coefficient (Wildman–Crippen LogP) is 3.22. The third-order valence-corrected chi connectivity index (χ3v) is 3.72. The second kappa shape index (κ2) is 5.27. The minimum absolute atomic E-state index is 0.164. The minimum atomic E-state index is 0.164. The number of benzene rings is 1. The molecule has 0 bridgehead atoms. The van der Waals surface area contributed by atoms with Crippen molar-refractivity contribution in [3.05, 3.63) is 34.3 Å². The number of nitrogens with one attached hydrogen (secondary N) is 1. The third kappa shape index (κ3) is 2.73. The summed E-state index contributed by atoms with van der Waals surface area (Å²) in [5, 5.41) is 4.46. The maximum atomic E-state index is 5.78. The van der Waals surface area contributed by atoms with E-state index in [1.54, 1.807) is 18.4 Å². The van der Waals surface area contributed by atoms with E-state index in [9.17, 15) is 0 Å². The number of hydrogen-bond acceptors (Lipinski definition) is 5. The van der Waals surface area contributed by atoms with Crippen molar-refractivity contribution in [3.63, 3.8) is 0 Å². The van der Waals surface area contributed by atoms with Crippen molar-refractivity contribution < 1.29 is 4.74 Å². The number of rotatable bonds is 4. The Morgan fingerprint density at radius 2 is 2.22 bits per heavy atom. The standard InChI is InChI=1S/C13H17N3OS/c1-8-7-15-13(18-8)9(2)16-10-4-5-11(14)12(6-10)17-3/h4-7,9,16H,14H2,1-3H3. The topological polar surface area (TPSA) is 60.2 Å². The van der Waals surface area contributed by atoms with Crippen LogP contribution in [0.2, 0.25) is 0 Å². The van der Waals surface area contributed by atoms with Crippen molar-refractivity contribution in [1.82, 2.24) is 4.98 Å². The van der Waals surface area contributed by atoms with E-state index in [2.05, 4.69) is 24.1 Å². The molecule has 0 amide bonds. The molecule has 0 aliphatic rings. The summed E-state index contributed by atoms with van der Waals surface area (Å²) in [5.74, 6) is 0.683. The molecule has 4 nitrogen and oxygen atoms in total. The van der Waals surface area contributed by atoms with Crippen LogP contribution in [0, 0.1) is 6.92 Å². The Morgan fingerprint density at radius 1 is 1.44 bits per heavy atom. The Labute approximate surface area is 111 Å². The molecule has 2 rings (SSSR count). The number of aryl methyl sites for hydroxylation is 1. The SMILES string of the molecule is COc1cc(NC(C)c2ncc(C)s2)ccc1N. The molecular weight excluding hydrogens is 246 g/mol. The molecule has 0 saturated heterocycles. The van der Waals surface area contributed by atoms with Crippen LogP contribution in [0.25, 0.3) is 0 Å². The van der Waals surface area contributed by atoms with E-state index in [-0.39, 0.29) is 6.04 Å². The lowest BCUT2D eigenvalue weighted by Gasteiger charge is -2.14. The first kappa shape index (κ1) is 12.7. The number of anilines is 2. The number of nitrogens with zero attached hydrogens (tertiary/aromatic N) is 1. The van der Waals surface area contributed by atoms with Crippen molar-refractivity contribution in [3.8, 4) is 5.75 Å². The molecular formula is C13H17N3OS. The molecule has 0 aliphatic carbocycles. The van der Waals surface area contributed by atoms with Crippen LogP contribution in [0.5, 0.6) is 5.75 Å². The van der Waals surface area contributed by atoms with Crippen LogP contribution >= 0.6 is 11.3 Å². The molecule has 5 heteroatoms. The fraction of sp³-hybridized carbons (Fsp3) is 0.308. The van der Waals surface area contributed by atoms with Crippen LogP contribution in [0.3, 0.4) is 0 Å². The number of nitrogens with two attached hydrogens (primary N) is 1. The average molecular weight is 263 g/mol. The van der Waals surface area contributed by atoms with E-state index in [0.29, 0.717) is 11.4 Å². The largest absolute Gasteiger partial charge is 0.495 e. The van der Waals surface area contributed by atoms with Crippen LogP contribution in [-0.2, 0) is 0 Å². The summed E-state index contributed by atoms with van der Waals surface area (Å²) in [5.41, 5.74) is 7.40. The van der Waals surface area contributed by atoms with Crippen LogP contribution in [-0.4, -0.2) is 12.1 Å². The highest BCUT2D eigenvalue weighted by atomic mass is 32.1. The first-order valence-electron chi connectivity index (χ1n) is 5.72. The molecule has 2 aromatic rings. The van der Waals surface area contributed by atoms with Crippen LogP contribution in [0.1, 0.15) is 22.9 Å². The molecule has 0 radical (unpaired) electrons. The lowest BCUT2D eigenvalue weighted by molar-refractivity contribution is 0.417. The quantitative estimate of drug-likeness (QED) is 0.831. The van der Waals surface area contributed by atoms with Crippen LogP contribution in [0.4, 0.5) is 11.4 Å². The summed E-state index contributed by atoms with van der Waals surface area (Å²) < 4.78 is 5.20. The molecule has 1 atom stereocenters. The summed E-state index contributed by atoms with van der Waals surface area (Å²) in [7, 11) is 1.61. The first-order valence-corrected chi connectivity index (χ1v) is 6.54. The fourth-order valence-corrected chi connectivity index (χ4v) is 2.46. The number of aromatic nitrogens is 1. The molecule has 0 spiro atoms. The smallest absolute Gasteiger partial charge is 0.143 e. The van der Waals surface area contributed by atoms with Gasteiger partial charge in [-0.25, -0.2) is 4.98 Å². The lowest BCUT2D eigenvalue weighted by Crippen LogP contribution is -2.06. The van der Waals surface area contributed by atoms with Gasteiger partial charge in [0, 0.05) is 22.8 Å². The van der Waals surface area contributed by atoms with E-state index in [1.165, 1.54) is 4.88 Å². The summed E-state index contributed by atoms with van der Waals surface area (Å²) >= 11 is 1.70. The zero-order valence-corrected chi connectivity index (χ0v) is 11.5. The second-order valence-electron chi connectivity index (χ2n) is 4.13. The van der Waals surface area contributed by atoms with Crippen molar-refractivity contribution in [2.24, 2.45) is 0 Å². The average Bonchev–Trinajstić information content (AvgIpc) is 2.78.